The zero-order valence-corrected chi connectivity index (χ0v) is 10.8. The van der Waals surface area contributed by atoms with Gasteiger partial charge in [0.25, 0.3) is 0 Å². The van der Waals surface area contributed by atoms with Crippen LogP contribution in [0, 0.1) is 11.8 Å². The lowest BCUT2D eigenvalue weighted by atomic mass is 9.98. The molecule has 0 unspecified atom stereocenters. The molecule has 0 aliphatic rings. The highest BCUT2D eigenvalue weighted by molar-refractivity contribution is 5.95. The summed E-state index contributed by atoms with van der Waals surface area (Å²) < 4.78 is 0. The molecule has 2 aromatic rings. The van der Waals surface area contributed by atoms with Gasteiger partial charge in [-0.1, -0.05) is 43.0 Å². The summed E-state index contributed by atoms with van der Waals surface area (Å²) in [5, 5.41) is 0. The number of amides is 1. The van der Waals surface area contributed by atoms with E-state index in [2.05, 4.69) is 11.8 Å². The lowest BCUT2D eigenvalue weighted by molar-refractivity contribution is 0.0999. The molecule has 0 saturated carbocycles. The normalized spacial score (nSPS) is 9.53. The third kappa shape index (κ3) is 3.02. The Morgan fingerprint density at radius 2 is 1.79 bits per heavy atom. The number of primary amides is 1. The third-order valence-electron chi connectivity index (χ3n) is 2.91. The zero-order chi connectivity index (χ0) is 13.7. The molecule has 0 fully saturated rings. The minimum absolute atomic E-state index is 0.403. The number of nitrogens with two attached hydrogens (primary N) is 1. The molecule has 2 aromatic carbocycles. The first-order valence-corrected chi connectivity index (χ1v) is 6.21. The van der Waals surface area contributed by atoms with Crippen LogP contribution in [0.25, 0.3) is 0 Å². The zero-order valence-electron chi connectivity index (χ0n) is 10.8. The van der Waals surface area contributed by atoms with Gasteiger partial charge >= 0.3 is 0 Å². The van der Waals surface area contributed by atoms with Gasteiger partial charge in [0.2, 0.25) is 5.91 Å². The maximum atomic E-state index is 11.4. The Labute approximate surface area is 113 Å². The van der Waals surface area contributed by atoms with Crippen molar-refractivity contribution in [3.05, 3.63) is 70.8 Å². The van der Waals surface area contributed by atoms with E-state index in [0.29, 0.717) is 5.56 Å². The second-order valence-electron chi connectivity index (χ2n) is 4.17. The Morgan fingerprint density at radius 3 is 2.42 bits per heavy atom. The topological polar surface area (TPSA) is 43.1 Å². The van der Waals surface area contributed by atoms with Crippen molar-refractivity contribution in [2.24, 2.45) is 5.73 Å². The fraction of sp³-hybridized carbons (Fsp3) is 0.118. The Hall–Kier alpha value is -2.53. The summed E-state index contributed by atoms with van der Waals surface area (Å²) in [4.78, 5) is 11.4. The number of rotatable bonds is 2. The molecule has 2 N–H and O–H groups in total. The summed E-state index contributed by atoms with van der Waals surface area (Å²) in [5.41, 5.74) is 8.67. The molecule has 1 amide bonds. The van der Waals surface area contributed by atoms with Gasteiger partial charge in [0.05, 0.1) is 0 Å². The van der Waals surface area contributed by atoms with E-state index in [9.17, 15) is 4.79 Å². The molecule has 2 rings (SSSR count). The Bertz CT molecular complexity index is 648. The summed E-state index contributed by atoms with van der Waals surface area (Å²) in [5.74, 6) is 5.82. The highest BCUT2D eigenvalue weighted by atomic mass is 16.1. The second kappa shape index (κ2) is 5.88. The van der Waals surface area contributed by atoms with Crippen LogP contribution in [0.4, 0.5) is 0 Å². The van der Waals surface area contributed by atoms with Crippen LogP contribution in [0.1, 0.15) is 34.0 Å². The van der Waals surface area contributed by atoms with Crippen LogP contribution >= 0.6 is 0 Å². The van der Waals surface area contributed by atoms with Crippen molar-refractivity contribution in [2.75, 3.05) is 0 Å². The van der Waals surface area contributed by atoms with Gasteiger partial charge in [-0.15, -0.1) is 0 Å². The highest BCUT2D eigenvalue weighted by Gasteiger charge is 2.09. The first-order valence-electron chi connectivity index (χ1n) is 6.21. The van der Waals surface area contributed by atoms with Crippen molar-refractivity contribution < 1.29 is 4.79 Å². The van der Waals surface area contributed by atoms with E-state index >= 15 is 0 Å². The second-order valence-corrected chi connectivity index (χ2v) is 4.17. The summed E-state index contributed by atoms with van der Waals surface area (Å²) in [6, 6.07) is 15.2. The van der Waals surface area contributed by atoms with Crippen LogP contribution in [0.2, 0.25) is 0 Å². The first-order chi connectivity index (χ1) is 9.22. The van der Waals surface area contributed by atoms with Crippen LogP contribution in [-0.4, -0.2) is 5.91 Å². The molecular formula is C17H15NO. The monoisotopic (exact) mass is 249 g/mol. The van der Waals surface area contributed by atoms with Crippen molar-refractivity contribution in [3.8, 4) is 11.8 Å². The van der Waals surface area contributed by atoms with Gasteiger partial charge in [0.15, 0.2) is 0 Å². The SMILES string of the molecule is CCc1c(C#Cc2ccccc2)cccc1C(N)=O. The number of carbonyl (C=O) groups is 1. The van der Waals surface area contributed by atoms with Gasteiger partial charge < -0.3 is 5.73 Å². The van der Waals surface area contributed by atoms with Gasteiger partial charge in [-0.3, -0.25) is 4.79 Å². The number of hydrogen-bond acceptors (Lipinski definition) is 1. The Morgan fingerprint density at radius 1 is 1.05 bits per heavy atom. The fourth-order valence-corrected chi connectivity index (χ4v) is 1.98. The van der Waals surface area contributed by atoms with Crippen LogP contribution in [0.15, 0.2) is 48.5 Å². The Kier molecular flexibility index (Phi) is 4.00. The van der Waals surface area contributed by atoms with Gasteiger partial charge in [-0.05, 0) is 36.2 Å². The molecule has 0 aliphatic heterocycles. The van der Waals surface area contributed by atoms with Crippen LogP contribution in [0.5, 0.6) is 0 Å². The predicted octanol–water partition coefficient (Wildman–Crippen LogP) is 2.75. The average molecular weight is 249 g/mol. The minimum Gasteiger partial charge on any atom is -0.366 e. The van der Waals surface area contributed by atoms with E-state index in [1.807, 2.05) is 49.4 Å². The van der Waals surface area contributed by atoms with E-state index in [1.54, 1.807) is 6.07 Å². The standard InChI is InChI=1S/C17H15NO/c1-2-15-14(9-6-10-16(15)17(18)19)12-11-13-7-4-3-5-8-13/h3-10H,2H2,1H3,(H2,18,19). The smallest absolute Gasteiger partial charge is 0.249 e. The maximum absolute atomic E-state index is 11.4. The van der Waals surface area contributed by atoms with Gasteiger partial charge in [0, 0.05) is 16.7 Å². The largest absolute Gasteiger partial charge is 0.366 e. The summed E-state index contributed by atoms with van der Waals surface area (Å²) in [6.07, 6.45) is 0.734. The van der Waals surface area contributed by atoms with E-state index in [4.69, 9.17) is 5.73 Å². The van der Waals surface area contributed by atoms with E-state index in [0.717, 1.165) is 23.1 Å². The molecule has 19 heavy (non-hydrogen) atoms. The summed E-state index contributed by atoms with van der Waals surface area (Å²) in [6.45, 7) is 2.00. The van der Waals surface area contributed by atoms with Crippen molar-refractivity contribution in [1.29, 1.82) is 0 Å². The van der Waals surface area contributed by atoms with Crippen LogP contribution < -0.4 is 5.73 Å². The molecule has 0 bridgehead atoms. The van der Waals surface area contributed by atoms with Gasteiger partial charge in [0.1, 0.15) is 0 Å². The molecule has 94 valence electrons. The molecule has 0 aromatic heterocycles. The Balaban J connectivity index is 2.44. The van der Waals surface area contributed by atoms with E-state index in [-0.39, 0.29) is 0 Å². The molecule has 0 aliphatic carbocycles. The molecule has 2 heteroatoms. The molecule has 0 atom stereocenters. The third-order valence-corrected chi connectivity index (χ3v) is 2.91. The average Bonchev–Trinajstić information content (AvgIpc) is 2.45. The van der Waals surface area contributed by atoms with E-state index < -0.39 is 5.91 Å². The first kappa shape index (κ1) is 12.9. The highest BCUT2D eigenvalue weighted by Crippen LogP contribution is 2.14. The van der Waals surface area contributed by atoms with Gasteiger partial charge in [-0.2, -0.15) is 0 Å². The van der Waals surface area contributed by atoms with Crippen molar-refractivity contribution in [1.82, 2.24) is 0 Å². The molecular weight excluding hydrogens is 234 g/mol. The summed E-state index contributed by atoms with van der Waals surface area (Å²) in [7, 11) is 0. The van der Waals surface area contributed by atoms with Crippen molar-refractivity contribution >= 4 is 5.91 Å². The molecule has 0 radical (unpaired) electrons. The lowest BCUT2D eigenvalue weighted by Gasteiger charge is -2.06. The van der Waals surface area contributed by atoms with Crippen LogP contribution in [-0.2, 0) is 6.42 Å². The molecule has 2 nitrogen and oxygen atoms in total. The van der Waals surface area contributed by atoms with Crippen molar-refractivity contribution in [3.63, 3.8) is 0 Å². The number of benzene rings is 2. The quantitative estimate of drug-likeness (QED) is 0.817. The number of carbonyl (C=O) groups excluding carboxylic acids is 1. The summed E-state index contributed by atoms with van der Waals surface area (Å²) >= 11 is 0. The minimum atomic E-state index is -0.403. The van der Waals surface area contributed by atoms with Gasteiger partial charge in [-0.25, -0.2) is 0 Å². The molecule has 0 saturated heterocycles. The maximum Gasteiger partial charge on any atom is 0.249 e. The predicted molar refractivity (Wildman–Crippen MR) is 76.8 cm³/mol. The van der Waals surface area contributed by atoms with Crippen LogP contribution in [0.3, 0.4) is 0 Å². The molecule has 0 spiro atoms. The van der Waals surface area contributed by atoms with E-state index in [1.165, 1.54) is 0 Å². The lowest BCUT2D eigenvalue weighted by Crippen LogP contribution is -2.14. The number of hydrogen-bond donors (Lipinski definition) is 1. The van der Waals surface area contributed by atoms with Crippen molar-refractivity contribution in [2.45, 2.75) is 13.3 Å². The fourth-order valence-electron chi connectivity index (χ4n) is 1.98. The molecule has 0 heterocycles.